The van der Waals surface area contributed by atoms with Crippen molar-refractivity contribution < 1.29 is 9.53 Å². The van der Waals surface area contributed by atoms with Crippen molar-refractivity contribution in [1.29, 1.82) is 5.26 Å². The van der Waals surface area contributed by atoms with Crippen LogP contribution in [0.3, 0.4) is 0 Å². The molecule has 1 fully saturated rings. The van der Waals surface area contributed by atoms with Crippen molar-refractivity contribution in [2.24, 2.45) is 11.7 Å². The zero-order valence-electron chi connectivity index (χ0n) is 8.27. The van der Waals surface area contributed by atoms with Crippen LogP contribution in [0.4, 0.5) is 0 Å². The van der Waals surface area contributed by atoms with Crippen molar-refractivity contribution in [1.82, 2.24) is 4.90 Å². The maximum atomic E-state index is 11.7. The summed E-state index contributed by atoms with van der Waals surface area (Å²) in [5.74, 6) is -0.163. The van der Waals surface area contributed by atoms with E-state index in [0.717, 1.165) is 0 Å². The Kier molecular flexibility index (Phi) is 3.86. The van der Waals surface area contributed by atoms with Crippen LogP contribution < -0.4 is 5.73 Å². The molecule has 0 aliphatic carbocycles. The predicted octanol–water partition coefficient (Wildman–Crippen LogP) is -0.668. The first-order valence-electron chi connectivity index (χ1n) is 4.69. The third kappa shape index (κ3) is 2.44. The fraction of sp³-hybridized carbons (Fsp3) is 0.778. The first-order chi connectivity index (χ1) is 6.69. The summed E-state index contributed by atoms with van der Waals surface area (Å²) in [6.07, 6.45) is -0.488. The predicted molar refractivity (Wildman–Crippen MR) is 50.2 cm³/mol. The average molecular weight is 197 g/mol. The number of ether oxygens (including phenoxy) is 1. The molecule has 2 N–H and O–H groups in total. The second-order valence-corrected chi connectivity index (χ2v) is 3.41. The zero-order valence-corrected chi connectivity index (χ0v) is 8.27. The van der Waals surface area contributed by atoms with E-state index in [2.05, 4.69) is 0 Å². The molecule has 2 unspecified atom stereocenters. The van der Waals surface area contributed by atoms with Crippen molar-refractivity contribution in [3.8, 4) is 6.07 Å². The summed E-state index contributed by atoms with van der Waals surface area (Å²) < 4.78 is 5.13. The first-order valence-corrected chi connectivity index (χ1v) is 4.69. The molecule has 1 saturated heterocycles. The third-order valence-electron chi connectivity index (χ3n) is 2.30. The number of nitriles is 1. The van der Waals surface area contributed by atoms with Crippen LogP contribution in [-0.4, -0.2) is 43.2 Å². The maximum absolute atomic E-state index is 11.7. The van der Waals surface area contributed by atoms with Crippen LogP contribution in [0.5, 0.6) is 0 Å². The highest BCUT2D eigenvalue weighted by Gasteiger charge is 2.26. The molecule has 1 amide bonds. The molecule has 1 rings (SSSR count). The van der Waals surface area contributed by atoms with E-state index in [1.807, 2.05) is 6.07 Å². The number of nitrogens with two attached hydrogens (primary N) is 1. The van der Waals surface area contributed by atoms with Crippen molar-refractivity contribution in [2.75, 3.05) is 26.2 Å². The van der Waals surface area contributed by atoms with Crippen molar-refractivity contribution in [3.63, 3.8) is 0 Å². The molecule has 0 spiro atoms. The molecule has 0 aromatic rings. The van der Waals surface area contributed by atoms with Crippen molar-refractivity contribution in [2.45, 2.75) is 13.0 Å². The van der Waals surface area contributed by atoms with Gasteiger partial charge >= 0.3 is 0 Å². The van der Waals surface area contributed by atoms with E-state index in [-0.39, 0.29) is 11.8 Å². The lowest BCUT2D eigenvalue weighted by molar-refractivity contribution is -0.140. The fourth-order valence-corrected chi connectivity index (χ4v) is 1.34. The van der Waals surface area contributed by atoms with Crippen molar-refractivity contribution in [3.05, 3.63) is 0 Å². The molecule has 1 heterocycles. The van der Waals surface area contributed by atoms with Crippen molar-refractivity contribution >= 4 is 5.91 Å². The molecule has 0 saturated carbocycles. The summed E-state index contributed by atoms with van der Waals surface area (Å²) >= 11 is 0. The largest absolute Gasteiger partial charge is 0.360 e. The van der Waals surface area contributed by atoms with Gasteiger partial charge in [0, 0.05) is 19.0 Å². The van der Waals surface area contributed by atoms with Crippen LogP contribution in [0.1, 0.15) is 6.92 Å². The van der Waals surface area contributed by atoms with E-state index in [4.69, 9.17) is 15.7 Å². The third-order valence-corrected chi connectivity index (χ3v) is 2.30. The van der Waals surface area contributed by atoms with Gasteiger partial charge in [-0.05, 0) is 0 Å². The van der Waals surface area contributed by atoms with E-state index in [1.54, 1.807) is 11.8 Å². The maximum Gasteiger partial charge on any atom is 0.226 e. The lowest BCUT2D eigenvalue weighted by Gasteiger charge is -2.31. The first kappa shape index (κ1) is 11.0. The molecule has 78 valence electrons. The Labute approximate surface area is 83.4 Å². The van der Waals surface area contributed by atoms with Crippen LogP contribution in [0.2, 0.25) is 0 Å². The van der Waals surface area contributed by atoms with Gasteiger partial charge < -0.3 is 15.4 Å². The highest BCUT2D eigenvalue weighted by Crippen LogP contribution is 2.08. The molecule has 1 aliphatic heterocycles. The van der Waals surface area contributed by atoms with Gasteiger partial charge in [-0.2, -0.15) is 5.26 Å². The lowest BCUT2D eigenvalue weighted by atomic mass is 10.1. The molecule has 1 aliphatic rings. The molecule has 14 heavy (non-hydrogen) atoms. The summed E-state index contributed by atoms with van der Waals surface area (Å²) in [4.78, 5) is 13.3. The molecule has 0 bridgehead atoms. The van der Waals surface area contributed by atoms with Gasteiger partial charge in [0.15, 0.2) is 6.10 Å². The van der Waals surface area contributed by atoms with Crippen LogP contribution in [0.25, 0.3) is 0 Å². The van der Waals surface area contributed by atoms with Gasteiger partial charge in [0.05, 0.1) is 19.2 Å². The smallest absolute Gasteiger partial charge is 0.226 e. The van der Waals surface area contributed by atoms with Crippen LogP contribution in [0, 0.1) is 17.2 Å². The number of rotatable bonds is 2. The monoisotopic (exact) mass is 197 g/mol. The number of morpholine rings is 1. The highest BCUT2D eigenvalue weighted by atomic mass is 16.5. The van der Waals surface area contributed by atoms with E-state index < -0.39 is 6.10 Å². The molecule has 5 nitrogen and oxygen atoms in total. The molecular formula is C9H15N3O2. The SMILES string of the molecule is CC(CN)C(=O)N1CCOC(C#N)C1. The molecule has 0 aromatic heterocycles. The van der Waals surface area contributed by atoms with Gasteiger partial charge in [0.2, 0.25) is 5.91 Å². The van der Waals surface area contributed by atoms with Gasteiger partial charge in [-0.15, -0.1) is 0 Å². The highest BCUT2D eigenvalue weighted by molar-refractivity contribution is 5.78. The van der Waals surface area contributed by atoms with Crippen LogP contribution in [0.15, 0.2) is 0 Å². The van der Waals surface area contributed by atoms with E-state index >= 15 is 0 Å². The minimum atomic E-state index is -0.488. The topological polar surface area (TPSA) is 79.3 Å². The Morgan fingerprint density at radius 3 is 3.14 bits per heavy atom. The minimum Gasteiger partial charge on any atom is -0.360 e. The van der Waals surface area contributed by atoms with E-state index in [0.29, 0.717) is 26.2 Å². The quantitative estimate of drug-likeness (QED) is 0.637. The van der Waals surface area contributed by atoms with E-state index in [9.17, 15) is 4.79 Å². The Bertz CT molecular complexity index is 249. The Morgan fingerprint density at radius 1 is 1.86 bits per heavy atom. The Balaban J connectivity index is 2.52. The summed E-state index contributed by atoms with van der Waals surface area (Å²) in [5, 5.41) is 8.65. The number of hydrogen-bond donors (Lipinski definition) is 1. The summed E-state index contributed by atoms with van der Waals surface area (Å²) in [6, 6.07) is 2.00. The van der Waals surface area contributed by atoms with Crippen LogP contribution in [-0.2, 0) is 9.53 Å². The van der Waals surface area contributed by atoms with Gasteiger partial charge in [-0.25, -0.2) is 0 Å². The molecule has 5 heteroatoms. The zero-order chi connectivity index (χ0) is 10.6. The average Bonchev–Trinajstić information content (AvgIpc) is 2.27. The lowest BCUT2D eigenvalue weighted by Crippen LogP contribution is -2.48. The van der Waals surface area contributed by atoms with Gasteiger partial charge in [0.25, 0.3) is 0 Å². The molecule has 0 aromatic carbocycles. The number of carbonyl (C=O) groups excluding carboxylic acids is 1. The van der Waals surface area contributed by atoms with Gasteiger partial charge in [-0.3, -0.25) is 4.79 Å². The number of hydrogen-bond acceptors (Lipinski definition) is 4. The number of carbonyl (C=O) groups is 1. The second kappa shape index (κ2) is 4.94. The summed E-state index contributed by atoms with van der Waals surface area (Å²) in [5.41, 5.74) is 5.40. The second-order valence-electron chi connectivity index (χ2n) is 3.41. The van der Waals surface area contributed by atoms with Gasteiger partial charge in [0.1, 0.15) is 0 Å². The van der Waals surface area contributed by atoms with Crippen LogP contribution >= 0.6 is 0 Å². The number of amides is 1. The standard InChI is InChI=1S/C9H15N3O2/c1-7(4-10)9(13)12-2-3-14-8(5-11)6-12/h7-8H,2-4,6,10H2,1H3. The normalized spacial score (nSPS) is 24.1. The summed E-state index contributed by atoms with van der Waals surface area (Å²) in [6.45, 7) is 3.48. The van der Waals surface area contributed by atoms with E-state index in [1.165, 1.54) is 0 Å². The Hall–Kier alpha value is -1.12. The minimum absolute atomic E-state index is 0.0102. The Morgan fingerprint density at radius 2 is 2.57 bits per heavy atom. The van der Waals surface area contributed by atoms with Gasteiger partial charge in [-0.1, -0.05) is 6.92 Å². The number of nitrogens with zero attached hydrogens (tertiary/aromatic N) is 2. The molecule has 2 atom stereocenters. The molecular weight excluding hydrogens is 182 g/mol. The molecule has 0 radical (unpaired) electrons. The summed E-state index contributed by atoms with van der Waals surface area (Å²) in [7, 11) is 0. The fourth-order valence-electron chi connectivity index (χ4n) is 1.34.